The number of hydrogen-bond donors (Lipinski definition) is 2. The van der Waals surface area contributed by atoms with E-state index in [-0.39, 0.29) is 5.56 Å². The number of nitrogens with zero attached hydrogens (tertiary/aromatic N) is 1. The average molecular weight is 257 g/mol. The van der Waals surface area contributed by atoms with Crippen LogP contribution in [0, 0.1) is 6.92 Å². The highest BCUT2D eigenvalue weighted by Crippen LogP contribution is 2.10. The molecule has 0 spiro atoms. The van der Waals surface area contributed by atoms with Gasteiger partial charge in [0.25, 0.3) is 5.56 Å². The molecule has 0 amide bonds. The van der Waals surface area contributed by atoms with Gasteiger partial charge in [0.05, 0.1) is 16.3 Å². The Kier molecular flexibility index (Phi) is 4.00. The van der Waals surface area contributed by atoms with Crippen LogP contribution in [0.3, 0.4) is 0 Å². The molecule has 3 rings (SSSR count). The maximum Gasteiger partial charge on any atom is 0.258 e. The molecule has 0 saturated heterocycles. The van der Waals surface area contributed by atoms with Crippen LogP contribution in [0.4, 0.5) is 0 Å². The van der Waals surface area contributed by atoms with Gasteiger partial charge in [-0.3, -0.25) is 4.79 Å². The van der Waals surface area contributed by atoms with E-state index < -0.39 is 0 Å². The smallest absolute Gasteiger partial charge is 0.258 e. The molecule has 4 heteroatoms. The second-order valence-corrected chi connectivity index (χ2v) is 4.25. The van der Waals surface area contributed by atoms with Crippen molar-refractivity contribution in [2.75, 3.05) is 0 Å². The Morgan fingerprint density at radius 3 is 2.53 bits per heavy atom. The van der Waals surface area contributed by atoms with Crippen molar-refractivity contribution >= 4 is 12.2 Å². The van der Waals surface area contributed by atoms with Crippen LogP contribution in [0.1, 0.15) is 32.4 Å². The summed E-state index contributed by atoms with van der Waals surface area (Å²) in [6.45, 7) is 5.97. The van der Waals surface area contributed by atoms with Crippen LogP contribution in [-0.2, 0) is 0 Å². The third-order valence-electron chi connectivity index (χ3n) is 2.92. The molecule has 0 unspecified atom stereocenters. The van der Waals surface area contributed by atoms with Crippen LogP contribution in [0.15, 0.2) is 16.9 Å². The summed E-state index contributed by atoms with van der Waals surface area (Å²) in [5.41, 5.74) is 1.84. The predicted octanol–water partition coefficient (Wildman–Crippen LogP) is 1.45. The van der Waals surface area contributed by atoms with Crippen LogP contribution in [0.25, 0.3) is 23.7 Å². The summed E-state index contributed by atoms with van der Waals surface area (Å²) in [4.78, 5) is 22.4. The zero-order chi connectivity index (χ0) is 13.8. The zero-order valence-electron chi connectivity index (χ0n) is 11.6. The SMILES string of the molecule is CC.Cc1ccc(-c2nc3c(c(=O)[nH]2)=CCCC=3)[nH]1. The summed E-state index contributed by atoms with van der Waals surface area (Å²) < 4.78 is 0. The standard InChI is InChI=1S/C13H13N3O.C2H6/c1-8-6-7-11(14-8)12-15-10-5-3-2-4-9(10)13(17)16-12;1-2/h4-7,14H,2-3H2,1H3,(H,15,16,17);1-2H3. The van der Waals surface area contributed by atoms with Crippen LogP contribution in [-0.4, -0.2) is 15.0 Å². The van der Waals surface area contributed by atoms with Crippen molar-refractivity contribution in [1.82, 2.24) is 15.0 Å². The molecule has 1 aliphatic rings. The van der Waals surface area contributed by atoms with Crippen molar-refractivity contribution in [3.8, 4) is 11.5 Å². The molecular weight excluding hydrogens is 238 g/mol. The van der Waals surface area contributed by atoms with E-state index in [1.165, 1.54) is 0 Å². The molecule has 2 aromatic rings. The highest BCUT2D eigenvalue weighted by atomic mass is 16.1. The van der Waals surface area contributed by atoms with Gasteiger partial charge in [0.1, 0.15) is 0 Å². The largest absolute Gasteiger partial charge is 0.356 e. The number of fused-ring (bicyclic) bond motifs is 1. The number of aromatic nitrogens is 3. The number of aryl methyl sites for hydroxylation is 1. The Balaban J connectivity index is 0.000000637. The molecule has 2 aromatic heterocycles. The molecule has 2 N–H and O–H groups in total. The average Bonchev–Trinajstić information content (AvgIpc) is 2.88. The summed E-state index contributed by atoms with van der Waals surface area (Å²) in [5, 5.41) is 1.49. The lowest BCUT2D eigenvalue weighted by molar-refractivity contribution is 1.00. The fraction of sp³-hybridized carbons (Fsp3) is 0.333. The summed E-state index contributed by atoms with van der Waals surface area (Å²) >= 11 is 0. The van der Waals surface area contributed by atoms with Crippen molar-refractivity contribution in [2.24, 2.45) is 0 Å². The molecule has 19 heavy (non-hydrogen) atoms. The van der Waals surface area contributed by atoms with Gasteiger partial charge < -0.3 is 9.97 Å². The van der Waals surface area contributed by atoms with E-state index in [4.69, 9.17) is 0 Å². The monoisotopic (exact) mass is 257 g/mol. The molecule has 0 atom stereocenters. The number of aromatic amines is 2. The van der Waals surface area contributed by atoms with Crippen molar-refractivity contribution < 1.29 is 0 Å². The fourth-order valence-electron chi connectivity index (χ4n) is 2.07. The van der Waals surface area contributed by atoms with E-state index in [0.29, 0.717) is 11.0 Å². The third kappa shape index (κ3) is 2.67. The lowest BCUT2D eigenvalue weighted by Crippen LogP contribution is -2.44. The summed E-state index contributed by atoms with van der Waals surface area (Å²) in [6, 6.07) is 3.89. The summed E-state index contributed by atoms with van der Waals surface area (Å²) in [7, 11) is 0. The van der Waals surface area contributed by atoms with E-state index in [1.807, 2.05) is 45.1 Å². The minimum Gasteiger partial charge on any atom is -0.356 e. The maximum atomic E-state index is 11.9. The second-order valence-electron chi connectivity index (χ2n) is 4.25. The molecule has 4 nitrogen and oxygen atoms in total. The Labute approximate surface area is 111 Å². The fourth-order valence-corrected chi connectivity index (χ4v) is 2.07. The van der Waals surface area contributed by atoms with Crippen molar-refractivity contribution in [2.45, 2.75) is 33.6 Å². The van der Waals surface area contributed by atoms with E-state index in [9.17, 15) is 4.79 Å². The Morgan fingerprint density at radius 2 is 1.84 bits per heavy atom. The number of nitrogens with one attached hydrogen (secondary N) is 2. The zero-order valence-corrected chi connectivity index (χ0v) is 11.6. The van der Waals surface area contributed by atoms with Gasteiger partial charge in [-0.25, -0.2) is 4.98 Å². The number of hydrogen-bond acceptors (Lipinski definition) is 2. The molecule has 0 bridgehead atoms. The second kappa shape index (κ2) is 5.69. The van der Waals surface area contributed by atoms with E-state index in [0.717, 1.165) is 29.6 Å². The quantitative estimate of drug-likeness (QED) is 0.812. The molecule has 2 heterocycles. The van der Waals surface area contributed by atoms with Gasteiger partial charge in [0, 0.05) is 5.69 Å². The molecule has 0 aromatic carbocycles. The first-order chi connectivity index (χ1) is 9.24. The van der Waals surface area contributed by atoms with Gasteiger partial charge in [-0.1, -0.05) is 26.0 Å². The Bertz CT molecular complexity index is 737. The lowest BCUT2D eigenvalue weighted by atomic mass is 10.1. The minimum absolute atomic E-state index is 0.0618. The predicted molar refractivity (Wildman–Crippen MR) is 78.1 cm³/mol. The molecule has 1 aliphatic carbocycles. The van der Waals surface area contributed by atoms with Gasteiger partial charge in [-0.2, -0.15) is 0 Å². The van der Waals surface area contributed by atoms with E-state index in [2.05, 4.69) is 15.0 Å². The lowest BCUT2D eigenvalue weighted by Gasteiger charge is -2.01. The van der Waals surface area contributed by atoms with Crippen molar-refractivity contribution in [3.05, 3.63) is 38.7 Å². The maximum absolute atomic E-state index is 11.9. The topological polar surface area (TPSA) is 61.5 Å². The Morgan fingerprint density at radius 1 is 1.11 bits per heavy atom. The van der Waals surface area contributed by atoms with Crippen LogP contribution >= 0.6 is 0 Å². The molecular formula is C15H19N3O. The van der Waals surface area contributed by atoms with Gasteiger partial charge in [-0.15, -0.1) is 0 Å². The molecule has 0 fully saturated rings. The first kappa shape index (κ1) is 13.3. The Hall–Kier alpha value is -2.10. The summed E-state index contributed by atoms with van der Waals surface area (Å²) in [6.07, 6.45) is 5.83. The molecule has 100 valence electrons. The minimum atomic E-state index is -0.0618. The highest BCUT2D eigenvalue weighted by molar-refractivity contribution is 5.50. The van der Waals surface area contributed by atoms with Crippen molar-refractivity contribution in [3.63, 3.8) is 0 Å². The summed E-state index contributed by atoms with van der Waals surface area (Å²) in [5.74, 6) is 0.605. The van der Waals surface area contributed by atoms with Crippen molar-refractivity contribution in [1.29, 1.82) is 0 Å². The van der Waals surface area contributed by atoms with Crippen LogP contribution in [0.2, 0.25) is 0 Å². The molecule has 0 saturated carbocycles. The van der Waals surface area contributed by atoms with Gasteiger partial charge in [0.2, 0.25) is 0 Å². The van der Waals surface area contributed by atoms with Crippen LogP contribution in [0.5, 0.6) is 0 Å². The first-order valence-corrected chi connectivity index (χ1v) is 6.71. The highest BCUT2D eigenvalue weighted by Gasteiger charge is 2.06. The normalized spacial score (nSPS) is 12.6. The van der Waals surface area contributed by atoms with Gasteiger partial charge >= 0.3 is 0 Å². The van der Waals surface area contributed by atoms with E-state index in [1.54, 1.807) is 0 Å². The first-order valence-electron chi connectivity index (χ1n) is 6.71. The third-order valence-corrected chi connectivity index (χ3v) is 2.92. The number of H-pyrrole nitrogens is 2. The van der Waals surface area contributed by atoms with E-state index >= 15 is 0 Å². The molecule has 0 radical (unpaired) electrons. The number of rotatable bonds is 1. The van der Waals surface area contributed by atoms with Gasteiger partial charge in [-0.05, 0) is 31.9 Å². The van der Waals surface area contributed by atoms with Crippen LogP contribution < -0.4 is 16.1 Å². The molecule has 0 aliphatic heterocycles. The van der Waals surface area contributed by atoms with Gasteiger partial charge in [0.15, 0.2) is 5.82 Å².